The molecule has 0 radical (unpaired) electrons. The van der Waals surface area contributed by atoms with Crippen molar-refractivity contribution in [2.45, 2.75) is 33.2 Å². The largest absolute Gasteiger partial charge is 0.345 e. The Morgan fingerprint density at radius 1 is 1.50 bits per heavy atom. The highest BCUT2D eigenvalue weighted by Gasteiger charge is 2.11. The number of carbonyl (C=O) groups excluding carboxylic acids is 1. The Bertz CT molecular complexity index is 268. The van der Waals surface area contributed by atoms with E-state index in [0.29, 0.717) is 5.92 Å². The van der Waals surface area contributed by atoms with Gasteiger partial charge in [-0.15, -0.1) is 0 Å². The van der Waals surface area contributed by atoms with Gasteiger partial charge in [-0.3, -0.25) is 4.79 Å². The Labute approximate surface area is 86.6 Å². The Hall–Kier alpha value is -1.23. The normalized spacial score (nSPS) is 11.5. The fourth-order valence-electron chi connectivity index (χ4n) is 1.11. The predicted molar refractivity (Wildman–Crippen MR) is 58.9 cm³/mol. The molecule has 14 heavy (non-hydrogen) atoms. The van der Waals surface area contributed by atoms with Crippen molar-refractivity contribution in [3.63, 3.8) is 0 Å². The van der Waals surface area contributed by atoms with Gasteiger partial charge in [-0.25, -0.2) is 0 Å². The van der Waals surface area contributed by atoms with Crippen LogP contribution in [0.1, 0.15) is 27.2 Å². The molecule has 78 valence electrons. The van der Waals surface area contributed by atoms with E-state index in [1.54, 1.807) is 11.9 Å². The van der Waals surface area contributed by atoms with Crippen LogP contribution in [0, 0.1) is 5.92 Å². The number of hydrogen-bond acceptors (Lipinski definition) is 1. The van der Waals surface area contributed by atoms with Crippen LogP contribution in [0.3, 0.4) is 0 Å². The van der Waals surface area contributed by atoms with Gasteiger partial charge in [0.2, 0.25) is 6.41 Å². The Morgan fingerprint density at radius 2 is 2.07 bits per heavy atom. The van der Waals surface area contributed by atoms with Gasteiger partial charge in [-0.05, 0) is 31.4 Å². The molecule has 0 aliphatic carbocycles. The van der Waals surface area contributed by atoms with Crippen molar-refractivity contribution < 1.29 is 4.79 Å². The number of carbonyl (C=O) groups is 1. The predicted octanol–water partition coefficient (Wildman–Crippen LogP) is 2.38. The second-order valence-electron chi connectivity index (χ2n) is 3.81. The molecule has 0 bridgehead atoms. The first-order chi connectivity index (χ1) is 6.52. The van der Waals surface area contributed by atoms with Crippen LogP contribution in [0.25, 0.3) is 0 Å². The zero-order valence-electron chi connectivity index (χ0n) is 9.50. The Balaban J connectivity index is 4.55. The molecule has 1 amide bonds. The summed E-state index contributed by atoms with van der Waals surface area (Å²) in [4.78, 5) is 12.2. The molecule has 0 saturated carbocycles. The molecule has 0 fully saturated rings. The molecular weight excluding hydrogens is 174 g/mol. The highest BCUT2D eigenvalue weighted by atomic mass is 16.1. The van der Waals surface area contributed by atoms with E-state index in [1.807, 2.05) is 6.92 Å². The third-order valence-electron chi connectivity index (χ3n) is 2.32. The topological polar surface area (TPSA) is 20.3 Å². The second kappa shape index (κ2) is 6.26. The molecule has 2 nitrogen and oxygen atoms in total. The van der Waals surface area contributed by atoms with E-state index < -0.39 is 0 Å². The zero-order chi connectivity index (χ0) is 11.1. The summed E-state index contributed by atoms with van der Waals surface area (Å²) in [5.41, 5.74) is 6.83. The van der Waals surface area contributed by atoms with E-state index in [2.05, 4.69) is 31.9 Å². The van der Waals surface area contributed by atoms with Gasteiger partial charge in [0.15, 0.2) is 0 Å². The lowest BCUT2D eigenvalue weighted by atomic mass is 9.97. The summed E-state index contributed by atoms with van der Waals surface area (Å²) < 4.78 is 0. The lowest BCUT2D eigenvalue weighted by Crippen LogP contribution is -2.28. The van der Waals surface area contributed by atoms with Crippen LogP contribution in [-0.4, -0.2) is 24.4 Å². The Morgan fingerprint density at radius 3 is 2.43 bits per heavy atom. The van der Waals surface area contributed by atoms with E-state index in [0.717, 1.165) is 18.4 Å². The van der Waals surface area contributed by atoms with Crippen molar-refractivity contribution in [3.8, 4) is 0 Å². The quantitative estimate of drug-likeness (QED) is 0.485. The highest BCUT2D eigenvalue weighted by molar-refractivity contribution is 5.47. The monoisotopic (exact) mass is 193 g/mol. The van der Waals surface area contributed by atoms with Crippen LogP contribution in [0.15, 0.2) is 23.6 Å². The van der Waals surface area contributed by atoms with Gasteiger partial charge in [0, 0.05) is 13.1 Å². The standard InChI is InChI=1S/C12H19NO/c1-6-7-12(10(2)3)8-11(4)13(5)9-14/h9-11H,1,8H2,2-5H3. The van der Waals surface area contributed by atoms with Crippen LogP contribution in [-0.2, 0) is 4.79 Å². The van der Waals surface area contributed by atoms with Crippen LogP contribution in [0.2, 0.25) is 0 Å². The molecule has 1 atom stereocenters. The summed E-state index contributed by atoms with van der Waals surface area (Å²) >= 11 is 0. The minimum atomic E-state index is 0.200. The minimum Gasteiger partial charge on any atom is -0.345 e. The molecule has 1 unspecified atom stereocenters. The molecular formula is C12H19NO. The van der Waals surface area contributed by atoms with E-state index in [-0.39, 0.29) is 6.04 Å². The van der Waals surface area contributed by atoms with E-state index in [9.17, 15) is 4.79 Å². The maximum atomic E-state index is 10.5. The SMILES string of the molecule is C=C=C=C(CC(C)N(C)C=O)C(C)C. The first kappa shape index (κ1) is 12.8. The van der Waals surface area contributed by atoms with Crippen molar-refractivity contribution in [3.05, 3.63) is 23.6 Å². The molecule has 0 aliphatic heterocycles. The highest BCUT2D eigenvalue weighted by Crippen LogP contribution is 2.16. The van der Waals surface area contributed by atoms with E-state index >= 15 is 0 Å². The smallest absolute Gasteiger partial charge is 0.209 e. The minimum absolute atomic E-state index is 0.200. The van der Waals surface area contributed by atoms with Gasteiger partial charge in [-0.1, -0.05) is 25.3 Å². The summed E-state index contributed by atoms with van der Waals surface area (Å²) in [6.45, 7) is 9.74. The van der Waals surface area contributed by atoms with Crippen molar-refractivity contribution in [2.75, 3.05) is 7.05 Å². The van der Waals surface area contributed by atoms with Gasteiger partial charge in [0.05, 0.1) is 0 Å². The lowest BCUT2D eigenvalue weighted by Gasteiger charge is -2.21. The average molecular weight is 193 g/mol. The number of rotatable bonds is 5. The summed E-state index contributed by atoms with van der Waals surface area (Å²) in [7, 11) is 1.78. The van der Waals surface area contributed by atoms with Gasteiger partial charge in [0.25, 0.3) is 0 Å². The fourth-order valence-corrected chi connectivity index (χ4v) is 1.11. The molecule has 0 saturated heterocycles. The van der Waals surface area contributed by atoms with Crippen LogP contribution < -0.4 is 0 Å². The van der Waals surface area contributed by atoms with Gasteiger partial charge < -0.3 is 4.90 Å². The summed E-state index contributed by atoms with van der Waals surface area (Å²) in [6, 6.07) is 0.200. The van der Waals surface area contributed by atoms with E-state index in [1.165, 1.54) is 0 Å². The molecule has 2 heteroatoms. The van der Waals surface area contributed by atoms with Crippen LogP contribution >= 0.6 is 0 Å². The van der Waals surface area contributed by atoms with Gasteiger partial charge in [-0.2, -0.15) is 0 Å². The third kappa shape index (κ3) is 4.13. The molecule has 0 heterocycles. The maximum Gasteiger partial charge on any atom is 0.209 e. The van der Waals surface area contributed by atoms with Crippen LogP contribution in [0.4, 0.5) is 0 Å². The van der Waals surface area contributed by atoms with Gasteiger partial charge >= 0.3 is 0 Å². The molecule has 0 aromatic heterocycles. The number of amides is 1. The molecule has 0 spiro atoms. The van der Waals surface area contributed by atoms with Crippen LogP contribution in [0.5, 0.6) is 0 Å². The molecule has 0 aliphatic rings. The van der Waals surface area contributed by atoms with E-state index in [4.69, 9.17) is 0 Å². The lowest BCUT2D eigenvalue weighted by molar-refractivity contribution is -0.118. The maximum absolute atomic E-state index is 10.5. The third-order valence-corrected chi connectivity index (χ3v) is 2.32. The summed E-state index contributed by atoms with van der Waals surface area (Å²) in [5.74, 6) is 0.423. The second-order valence-corrected chi connectivity index (χ2v) is 3.81. The molecule has 0 aromatic carbocycles. The van der Waals surface area contributed by atoms with Crippen molar-refractivity contribution >= 4 is 6.41 Å². The van der Waals surface area contributed by atoms with Crippen molar-refractivity contribution in [2.24, 2.45) is 5.92 Å². The fraction of sp³-hybridized carbons (Fsp3) is 0.583. The first-order valence-electron chi connectivity index (χ1n) is 4.84. The molecule has 0 aromatic rings. The van der Waals surface area contributed by atoms with Gasteiger partial charge in [0.1, 0.15) is 0 Å². The Kier molecular flexibility index (Phi) is 5.71. The first-order valence-corrected chi connectivity index (χ1v) is 4.84. The molecule has 0 rings (SSSR count). The van der Waals surface area contributed by atoms with Crippen molar-refractivity contribution in [1.82, 2.24) is 4.90 Å². The summed E-state index contributed by atoms with van der Waals surface area (Å²) in [5, 5.41) is 0. The number of hydrogen-bond donors (Lipinski definition) is 0. The molecule has 0 N–H and O–H groups in total. The summed E-state index contributed by atoms with van der Waals surface area (Å²) in [6.07, 6.45) is 1.68. The average Bonchev–Trinajstić information content (AvgIpc) is 2.15. The van der Waals surface area contributed by atoms with Crippen molar-refractivity contribution in [1.29, 1.82) is 0 Å². The zero-order valence-corrected chi connectivity index (χ0v) is 9.50. The number of nitrogens with zero attached hydrogens (tertiary/aromatic N) is 1.